The molecule has 0 saturated heterocycles. The van der Waals surface area contributed by atoms with Gasteiger partial charge in [-0.15, -0.1) is 0 Å². The first kappa shape index (κ1) is 10.1. The molecule has 0 amide bonds. The van der Waals surface area contributed by atoms with Crippen molar-refractivity contribution in [3.63, 3.8) is 0 Å². The van der Waals surface area contributed by atoms with Crippen LogP contribution < -0.4 is 4.74 Å². The molecule has 0 spiro atoms. The zero-order chi connectivity index (χ0) is 10.0. The van der Waals surface area contributed by atoms with Crippen LogP contribution in [0.15, 0.2) is 12.1 Å². The van der Waals surface area contributed by atoms with Gasteiger partial charge in [-0.25, -0.2) is 0 Å². The van der Waals surface area contributed by atoms with Gasteiger partial charge in [-0.3, -0.25) is 4.79 Å². The van der Waals surface area contributed by atoms with Crippen LogP contribution in [0.4, 0.5) is 0 Å². The summed E-state index contributed by atoms with van der Waals surface area (Å²) in [6.07, 6.45) is 0. The summed E-state index contributed by atoms with van der Waals surface area (Å²) in [4.78, 5) is 11.1. The molecule has 2 nitrogen and oxygen atoms in total. The lowest BCUT2D eigenvalue weighted by Crippen LogP contribution is -2.00. The number of hydrogen-bond acceptors (Lipinski definition) is 2. The van der Waals surface area contributed by atoms with Crippen LogP contribution >= 0.6 is 11.6 Å². The third-order valence-corrected chi connectivity index (χ3v) is 2.30. The van der Waals surface area contributed by atoms with Gasteiger partial charge in [0.25, 0.3) is 5.24 Å². The second-order valence-corrected chi connectivity index (χ2v) is 3.20. The van der Waals surface area contributed by atoms with Crippen molar-refractivity contribution in [1.29, 1.82) is 0 Å². The Balaban J connectivity index is 3.41. The zero-order valence-electron chi connectivity index (χ0n) is 7.85. The fraction of sp³-hybridized carbons (Fsp3) is 0.300. The highest BCUT2D eigenvalue weighted by atomic mass is 35.5. The molecular formula is C10H11ClO2. The maximum absolute atomic E-state index is 11.1. The Labute approximate surface area is 82.5 Å². The van der Waals surface area contributed by atoms with Crippen LogP contribution in [0.1, 0.15) is 21.5 Å². The molecule has 0 N–H and O–H groups in total. The predicted octanol–water partition coefficient (Wildman–Crippen LogP) is 2.69. The van der Waals surface area contributed by atoms with E-state index in [2.05, 4.69) is 0 Å². The van der Waals surface area contributed by atoms with E-state index in [9.17, 15) is 4.79 Å². The molecule has 0 aliphatic carbocycles. The lowest BCUT2D eigenvalue weighted by molar-refractivity contribution is 0.107. The first-order valence-corrected chi connectivity index (χ1v) is 4.29. The van der Waals surface area contributed by atoms with Gasteiger partial charge < -0.3 is 4.74 Å². The number of ether oxygens (including phenoxy) is 1. The summed E-state index contributed by atoms with van der Waals surface area (Å²) < 4.78 is 5.04. The summed E-state index contributed by atoms with van der Waals surface area (Å²) in [6, 6.07) is 3.65. The van der Waals surface area contributed by atoms with Crippen LogP contribution in [0.3, 0.4) is 0 Å². The van der Waals surface area contributed by atoms with Gasteiger partial charge in [0.2, 0.25) is 0 Å². The van der Waals surface area contributed by atoms with Crippen molar-refractivity contribution in [2.24, 2.45) is 0 Å². The van der Waals surface area contributed by atoms with Gasteiger partial charge in [-0.1, -0.05) is 6.07 Å². The Hall–Kier alpha value is -1.02. The van der Waals surface area contributed by atoms with E-state index in [1.54, 1.807) is 6.07 Å². The highest BCUT2D eigenvalue weighted by Gasteiger charge is 2.13. The monoisotopic (exact) mass is 198 g/mol. The van der Waals surface area contributed by atoms with Crippen molar-refractivity contribution in [2.75, 3.05) is 7.11 Å². The number of aryl methyl sites for hydroxylation is 1. The Morgan fingerprint density at radius 3 is 2.46 bits per heavy atom. The van der Waals surface area contributed by atoms with Gasteiger partial charge >= 0.3 is 0 Å². The van der Waals surface area contributed by atoms with Crippen LogP contribution in [-0.4, -0.2) is 12.4 Å². The zero-order valence-corrected chi connectivity index (χ0v) is 8.61. The average molecular weight is 199 g/mol. The number of carbonyl (C=O) groups is 1. The maximum Gasteiger partial charge on any atom is 0.256 e. The Bertz CT molecular complexity index is 345. The molecule has 0 heterocycles. The number of hydrogen-bond donors (Lipinski definition) is 0. The lowest BCUT2D eigenvalue weighted by Gasteiger charge is -2.09. The molecule has 0 aliphatic rings. The van der Waals surface area contributed by atoms with Gasteiger partial charge in [-0.05, 0) is 42.6 Å². The van der Waals surface area contributed by atoms with Crippen LogP contribution in [0.5, 0.6) is 5.75 Å². The topological polar surface area (TPSA) is 26.3 Å². The van der Waals surface area contributed by atoms with Crippen LogP contribution in [-0.2, 0) is 0 Å². The Kier molecular flexibility index (Phi) is 2.94. The molecule has 1 aromatic carbocycles. The quantitative estimate of drug-likeness (QED) is 0.683. The first-order chi connectivity index (χ1) is 6.07. The van der Waals surface area contributed by atoms with Crippen molar-refractivity contribution >= 4 is 16.8 Å². The molecule has 0 saturated carbocycles. The normalized spacial score (nSPS) is 9.85. The first-order valence-electron chi connectivity index (χ1n) is 3.92. The van der Waals surface area contributed by atoms with E-state index >= 15 is 0 Å². The molecule has 0 radical (unpaired) electrons. The van der Waals surface area contributed by atoms with Crippen molar-refractivity contribution in [3.8, 4) is 5.75 Å². The molecule has 0 aliphatic heterocycles. The maximum atomic E-state index is 11.1. The second-order valence-electron chi connectivity index (χ2n) is 2.86. The van der Waals surface area contributed by atoms with Gasteiger partial charge in [0.1, 0.15) is 5.75 Å². The molecular weight excluding hydrogens is 188 g/mol. The van der Waals surface area contributed by atoms with E-state index < -0.39 is 5.24 Å². The fourth-order valence-electron chi connectivity index (χ4n) is 1.21. The molecule has 0 unspecified atom stereocenters. The van der Waals surface area contributed by atoms with Gasteiger partial charge in [0, 0.05) is 0 Å². The van der Waals surface area contributed by atoms with Crippen molar-refractivity contribution in [3.05, 3.63) is 28.8 Å². The van der Waals surface area contributed by atoms with Gasteiger partial charge in [-0.2, -0.15) is 0 Å². The number of methoxy groups -OCH3 is 1. The van der Waals surface area contributed by atoms with Crippen molar-refractivity contribution in [2.45, 2.75) is 13.8 Å². The SMILES string of the molecule is COc1ccc(C)c(C)c1C(=O)Cl. The third-order valence-electron chi connectivity index (χ3n) is 2.11. The molecule has 70 valence electrons. The summed E-state index contributed by atoms with van der Waals surface area (Å²) in [5.74, 6) is 0.531. The number of benzene rings is 1. The molecule has 1 rings (SSSR count). The van der Waals surface area contributed by atoms with E-state index in [0.29, 0.717) is 11.3 Å². The predicted molar refractivity (Wildman–Crippen MR) is 52.7 cm³/mol. The summed E-state index contributed by atoms with van der Waals surface area (Å²) in [5.41, 5.74) is 2.37. The highest BCUT2D eigenvalue weighted by Crippen LogP contribution is 2.25. The van der Waals surface area contributed by atoms with Crippen LogP contribution in [0.2, 0.25) is 0 Å². The molecule has 0 bridgehead atoms. The van der Waals surface area contributed by atoms with E-state index in [4.69, 9.17) is 16.3 Å². The molecule has 13 heavy (non-hydrogen) atoms. The molecule has 1 aromatic rings. The largest absolute Gasteiger partial charge is 0.496 e. The summed E-state index contributed by atoms with van der Waals surface area (Å²) >= 11 is 5.45. The van der Waals surface area contributed by atoms with E-state index in [1.165, 1.54) is 7.11 Å². The van der Waals surface area contributed by atoms with Crippen LogP contribution in [0.25, 0.3) is 0 Å². The number of halogens is 1. The van der Waals surface area contributed by atoms with Gasteiger partial charge in [0.15, 0.2) is 0 Å². The lowest BCUT2D eigenvalue weighted by atomic mass is 10.0. The van der Waals surface area contributed by atoms with Crippen LogP contribution in [0, 0.1) is 13.8 Å². The van der Waals surface area contributed by atoms with E-state index in [1.807, 2.05) is 19.9 Å². The Morgan fingerprint density at radius 2 is 2.00 bits per heavy atom. The van der Waals surface area contributed by atoms with Crippen molar-refractivity contribution < 1.29 is 9.53 Å². The Morgan fingerprint density at radius 1 is 1.38 bits per heavy atom. The highest BCUT2D eigenvalue weighted by molar-refractivity contribution is 6.68. The van der Waals surface area contributed by atoms with E-state index in [0.717, 1.165) is 11.1 Å². The van der Waals surface area contributed by atoms with Gasteiger partial charge in [0.05, 0.1) is 12.7 Å². The summed E-state index contributed by atoms with van der Waals surface area (Å²) in [5, 5.41) is -0.474. The number of rotatable bonds is 2. The molecule has 0 aromatic heterocycles. The minimum Gasteiger partial charge on any atom is -0.496 e. The third kappa shape index (κ3) is 1.83. The minimum absolute atomic E-state index is 0.462. The minimum atomic E-state index is -0.474. The standard InChI is InChI=1S/C10H11ClO2/c1-6-4-5-8(13-3)9(7(6)2)10(11)12/h4-5H,1-3H3. The number of carbonyl (C=O) groups excluding carboxylic acids is 1. The average Bonchev–Trinajstić information content (AvgIpc) is 2.08. The molecule has 0 fully saturated rings. The van der Waals surface area contributed by atoms with E-state index in [-0.39, 0.29) is 0 Å². The van der Waals surface area contributed by atoms with Crippen molar-refractivity contribution in [1.82, 2.24) is 0 Å². The summed E-state index contributed by atoms with van der Waals surface area (Å²) in [7, 11) is 1.52. The smallest absolute Gasteiger partial charge is 0.256 e. The second kappa shape index (κ2) is 3.79. The fourth-order valence-corrected chi connectivity index (χ4v) is 1.44. The summed E-state index contributed by atoms with van der Waals surface area (Å²) in [6.45, 7) is 3.78. The molecule has 0 atom stereocenters. The molecule has 3 heteroatoms.